The molecule has 0 amide bonds. The van der Waals surface area contributed by atoms with Crippen LogP contribution in [0.2, 0.25) is 0 Å². The fourth-order valence-corrected chi connectivity index (χ4v) is 2.95. The van der Waals surface area contributed by atoms with E-state index in [0.717, 1.165) is 5.92 Å². The van der Waals surface area contributed by atoms with Gasteiger partial charge in [-0.1, -0.05) is 33.1 Å². The van der Waals surface area contributed by atoms with Crippen LogP contribution in [0.4, 0.5) is 0 Å². The van der Waals surface area contributed by atoms with Gasteiger partial charge in [0.25, 0.3) is 0 Å². The second kappa shape index (κ2) is 4.63. The van der Waals surface area contributed by atoms with E-state index in [1.54, 1.807) is 0 Å². The molecule has 0 aromatic carbocycles. The lowest BCUT2D eigenvalue weighted by molar-refractivity contribution is 0.109. The zero-order valence-electron chi connectivity index (χ0n) is 10.1. The van der Waals surface area contributed by atoms with Crippen molar-refractivity contribution in [3.8, 4) is 0 Å². The van der Waals surface area contributed by atoms with Gasteiger partial charge in [0.05, 0.1) is 0 Å². The molecule has 0 N–H and O–H groups in total. The molecule has 2 fully saturated rings. The number of piperidine rings is 1. The van der Waals surface area contributed by atoms with E-state index in [9.17, 15) is 0 Å². The van der Waals surface area contributed by atoms with Crippen molar-refractivity contribution in [3.05, 3.63) is 0 Å². The Bertz CT molecular complexity index is 211. The Morgan fingerprint density at radius 2 is 2.00 bits per heavy atom. The average Bonchev–Trinajstić information content (AvgIpc) is 2.08. The molecule has 0 radical (unpaired) electrons. The summed E-state index contributed by atoms with van der Waals surface area (Å²) in [5, 5.41) is 0.373. The summed E-state index contributed by atoms with van der Waals surface area (Å²) in [5.74, 6) is 1.04. The Balaban J connectivity index is 1.73. The summed E-state index contributed by atoms with van der Waals surface area (Å²) in [6.45, 7) is 8.32. The second-order valence-corrected chi connectivity index (χ2v) is 6.63. The van der Waals surface area contributed by atoms with Crippen molar-refractivity contribution in [2.45, 2.75) is 51.3 Å². The first-order chi connectivity index (χ1) is 7.08. The van der Waals surface area contributed by atoms with E-state index >= 15 is 0 Å². The normalized spacial score (nSPS) is 32.6. The van der Waals surface area contributed by atoms with E-state index in [1.807, 2.05) is 0 Å². The predicted octanol–water partition coefficient (Wildman–Crippen LogP) is 3.52. The highest BCUT2D eigenvalue weighted by Crippen LogP contribution is 2.34. The van der Waals surface area contributed by atoms with Gasteiger partial charge in [0, 0.05) is 11.9 Å². The fourth-order valence-electron chi connectivity index (χ4n) is 2.78. The Morgan fingerprint density at radius 1 is 1.27 bits per heavy atom. The lowest BCUT2D eigenvalue weighted by atomic mass is 9.81. The summed E-state index contributed by atoms with van der Waals surface area (Å²) in [5.41, 5.74) is 0.305. The first kappa shape index (κ1) is 11.7. The van der Waals surface area contributed by atoms with E-state index in [-0.39, 0.29) is 0 Å². The van der Waals surface area contributed by atoms with E-state index in [1.165, 1.54) is 51.7 Å². The molecular formula is C13H24ClN. The monoisotopic (exact) mass is 229 g/mol. The highest BCUT2D eigenvalue weighted by Gasteiger charge is 2.34. The molecule has 0 bridgehead atoms. The summed E-state index contributed by atoms with van der Waals surface area (Å²) < 4.78 is 0. The van der Waals surface area contributed by atoms with Crippen LogP contribution in [-0.4, -0.2) is 29.9 Å². The lowest BCUT2D eigenvalue weighted by Gasteiger charge is -2.42. The summed E-state index contributed by atoms with van der Waals surface area (Å²) in [6.07, 6.45) is 7.02. The SMILES string of the molecule is CC1(C)CN(CCC2CCC2)CCC1Cl. The Kier molecular flexibility index (Phi) is 3.62. The molecule has 0 aromatic rings. The number of nitrogens with zero attached hydrogens (tertiary/aromatic N) is 1. The number of rotatable bonds is 3. The van der Waals surface area contributed by atoms with Crippen LogP contribution in [0.1, 0.15) is 46.0 Å². The fraction of sp³-hybridized carbons (Fsp3) is 1.00. The number of hydrogen-bond donors (Lipinski definition) is 0. The summed E-state index contributed by atoms with van der Waals surface area (Å²) >= 11 is 6.35. The molecule has 88 valence electrons. The van der Waals surface area contributed by atoms with Crippen LogP contribution in [0.3, 0.4) is 0 Å². The molecule has 15 heavy (non-hydrogen) atoms. The van der Waals surface area contributed by atoms with E-state index < -0.39 is 0 Å². The molecule has 0 spiro atoms. The smallest absolute Gasteiger partial charge is 0.0411 e. The van der Waals surface area contributed by atoms with Crippen LogP contribution in [-0.2, 0) is 0 Å². The molecule has 2 aliphatic rings. The van der Waals surface area contributed by atoms with Gasteiger partial charge in [0.1, 0.15) is 0 Å². The van der Waals surface area contributed by atoms with Gasteiger partial charge in [-0.25, -0.2) is 0 Å². The van der Waals surface area contributed by atoms with Crippen LogP contribution in [0, 0.1) is 11.3 Å². The molecule has 1 unspecified atom stereocenters. The van der Waals surface area contributed by atoms with Crippen LogP contribution in [0.5, 0.6) is 0 Å². The number of halogens is 1. The van der Waals surface area contributed by atoms with Crippen molar-refractivity contribution in [1.82, 2.24) is 4.90 Å². The highest BCUT2D eigenvalue weighted by atomic mass is 35.5. The lowest BCUT2D eigenvalue weighted by Crippen LogP contribution is -2.47. The van der Waals surface area contributed by atoms with Crippen LogP contribution in [0.15, 0.2) is 0 Å². The van der Waals surface area contributed by atoms with Gasteiger partial charge in [-0.05, 0) is 37.3 Å². The maximum Gasteiger partial charge on any atom is 0.0411 e. The average molecular weight is 230 g/mol. The van der Waals surface area contributed by atoms with E-state index in [4.69, 9.17) is 11.6 Å². The minimum atomic E-state index is 0.305. The van der Waals surface area contributed by atoms with E-state index in [0.29, 0.717) is 10.8 Å². The molecule has 1 aliphatic heterocycles. The molecule has 2 rings (SSSR count). The third kappa shape index (κ3) is 2.88. The maximum absolute atomic E-state index is 6.35. The third-order valence-corrected chi connectivity index (χ3v) is 5.07. The number of alkyl halides is 1. The maximum atomic E-state index is 6.35. The van der Waals surface area contributed by atoms with Crippen molar-refractivity contribution in [2.24, 2.45) is 11.3 Å². The first-order valence-electron chi connectivity index (χ1n) is 6.44. The van der Waals surface area contributed by atoms with Crippen molar-refractivity contribution >= 4 is 11.6 Å². The van der Waals surface area contributed by atoms with Gasteiger partial charge in [-0.15, -0.1) is 11.6 Å². The molecule has 1 atom stereocenters. The van der Waals surface area contributed by atoms with Gasteiger partial charge in [0.15, 0.2) is 0 Å². The Hall–Kier alpha value is 0.250. The topological polar surface area (TPSA) is 3.24 Å². The molecule has 1 heterocycles. The highest BCUT2D eigenvalue weighted by molar-refractivity contribution is 6.21. The van der Waals surface area contributed by atoms with Gasteiger partial charge in [0.2, 0.25) is 0 Å². The van der Waals surface area contributed by atoms with Crippen LogP contribution >= 0.6 is 11.6 Å². The zero-order valence-corrected chi connectivity index (χ0v) is 10.9. The minimum Gasteiger partial charge on any atom is -0.303 e. The predicted molar refractivity (Wildman–Crippen MR) is 66.4 cm³/mol. The summed E-state index contributed by atoms with van der Waals surface area (Å²) in [7, 11) is 0. The molecule has 0 aromatic heterocycles. The molecule has 1 nitrogen and oxygen atoms in total. The van der Waals surface area contributed by atoms with Crippen molar-refractivity contribution in [3.63, 3.8) is 0 Å². The largest absolute Gasteiger partial charge is 0.303 e. The molecule has 1 aliphatic carbocycles. The number of likely N-dealkylation sites (tertiary alicyclic amines) is 1. The van der Waals surface area contributed by atoms with Gasteiger partial charge < -0.3 is 4.90 Å². The molecular weight excluding hydrogens is 206 g/mol. The van der Waals surface area contributed by atoms with Gasteiger partial charge in [-0.2, -0.15) is 0 Å². The van der Waals surface area contributed by atoms with Crippen molar-refractivity contribution in [1.29, 1.82) is 0 Å². The van der Waals surface area contributed by atoms with Crippen molar-refractivity contribution in [2.75, 3.05) is 19.6 Å². The Labute approximate surface area is 99.2 Å². The standard InChI is InChI=1S/C13H24ClN/c1-13(2)10-15(9-7-12(13)14)8-6-11-4-3-5-11/h11-12H,3-10H2,1-2H3. The quantitative estimate of drug-likeness (QED) is 0.670. The van der Waals surface area contributed by atoms with Crippen LogP contribution in [0.25, 0.3) is 0 Å². The molecule has 2 heteroatoms. The Morgan fingerprint density at radius 3 is 2.53 bits per heavy atom. The van der Waals surface area contributed by atoms with Crippen molar-refractivity contribution < 1.29 is 0 Å². The molecule has 1 saturated carbocycles. The first-order valence-corrected chi connectivity index (χ1v) is 6.88. The van der Waals surface area contributed by atoms with Gasteiger partial charge in [-0.3, -0.25) is 0 Å². The van der Waals surface area contributed by atoms with Gasteiger partial charge >= 0.3 is 0 Å². The van der Waals surface area contributed by atoms with E-state index in [2.05, 4.69) is 18.7 Å². The minimum absolute atomic E-state index is 0.305. The summed E-state index contributed by atoms with van der Waals surface area (Å²) in [6, 6.07) is 0. The molecule has 1 saturated heterocycles. The summed E-state index contributed by atoms with van der Waals surface area (Å²) in [4.78, 5) is 2.62. The zero-order chi connectivity index (χ0) is 10.9. The third-order valence-electron chi connectivity index (χ3n) is 4.26. The number of hydrogen-bond acceptors (Lipinski definition) is 1. The van der Waals surface area contributed by atoms with Crippen LogP contribution < -0.4 is 0 Å². The second-order valence-electron chi connectivity index (χ2n) is 6.11.